The molecule has 1 aromatic heterocycles. The quantitative estimate of drug-likeness (QED) is 0.604. The molecule has 9 heteroatoms. The normalized spacial score (nSPS) is 12.1. The summed E-state index contributed by atoms with van der Waals surface area (Å²) in [5, 5.41) is 21.4. The van der Waals surface area contributed by atoms with Crippen molar-refractivity contribution in [3.05, 3.63) is 31.7 Å². The van der Waals surface area contributed by atoms with E-state index in [2.05, 4.69) is 4.28 Å². The van der Waals surface area contributed by atoms with Gasteiger partial charge in [-0.05, 0) is 17.9 Å². The molecule has 1 aromatic rings. The second-order valence-corrected chi connectivity index (χ2v) is 7.08. The Hall–Kier alpha value is -1.35. The van der Waals surface area contributed by atoms with E-state index in [-0.39, 0.29) is 5.69 Å². The van der Waals surface area contributed by atoms with Crippen molar-refractivity contribution < 1.29 is 14.3 Å². The molecule has 0 atom stereocenters. The first-order chi connectivity index (χ1) is 6.84. The van der Waals surface area contributed by atoms with Gasteiger partial charge in [-0.3, -0.25) is 14.4 Å². The van der Waals surface area contributed by atoms with Crippen molar-refractivity contribution in [1.29, 1.82) is 0 Å². The Bertz CT molecular complexity index is 402. The van der Waals surface area contributed by atoms with E-state index in [0.717, 1.165) is 11.3 Å². The predicted molar refractivity (Wildman–Crippen MR) is 56.8 cm³/mol. The van der Waals surface area contributed by atoms with E-state index < -0.39 is 20.3 Å². The summed E-state index contributed by atoms with van der Waals surface area (Å²) in [4.78, 5) is 20.3. The van der Waals surface area contributed by atoms with Crippen LogP contribution in [-0.4, -0.2) is 22.5 Å². The third kappa shape index (κ3) is 2.57. The summed E-state index contributed by atoms with van der Waals surface area (Å²) < 4.78 is 4.79. The molecule has 84 valence electrons. The molecule has 0 aromatic carbocycles. The summed E-state index contributed by atoms with van der Waals surface area (Å²) in [6.07, 6.45) is 2.99. The van der Waals surface area contributed by atoms with Crippen molar-refractivity contribution in [3.8, 4) is 0 Å². The van der Waals surface area contributed by atoms with Crippen molar-refractivity contribution in [2.24, 2.45) is 0 Å². The first-order valence-electron chi connectivity index (χ1n) is 3.64. The van der Waals surface area contributed by atoms with Gasteiger partial charge < -0.3 is 0 Å². The largest absolute Gasteiger partial charge is 0.305 e. The monoisotopic (exact) mass is 252 g/mol. The molecule has 0 saturated carbocycles. The highest BCUT2D eigenvalue weighted by Crippen LogP contribution is 2.56. The Labute approximate surface area is 90.4 Å². The molecule has 15 heavy (non-hydrogen) atoms. The SMILES string of the molecule is CS(C)(O[N+](=O)[O-])c1sccc1[N+](=O)[O-]. The number of hydrogen-bond acceptors (Lipinski definition) is 6. The molecule has 0 aliphatic heterocycles. The maximum absolute atomic E-state index is 10.6. The maximum Gasteiger partial charge on any atom is 0.305 e. The molecule has 0 spiro atoms. The van der Waals surface area contributed by atoms with E-state index in [9.17, 15) is 20.2 Å². The number of thiophene rings is 1. The van der Waals surface area contributed by atoms with Crippen LogP contribution in [0.3, 0.4) is 0 Å². The highest BCUT2D eigenvalue weighted by molar-refractivity contribution is 8.29. The molecule has 0 N–H and O–H groups in total. The Balaban J connectivity index is 3.09. The van der Waals surface area contributed by atoms with Crippen LogP contribution in [0.2, 0.25) is 0 Å². The minimum absolute atomic E-state index is 0.123. The smallest absolute Gasteiger partial charge is 0.258 e. The zero-order chi connectivity index (χ0) is 11.6. The van der Waals surface area contributed by atoms with E-state index in [1.54, 1.807) is 0 Å². The molecule has 1 heterocycles. The van der Waals surface area contributed by atoms with Crippen molar-refractivity contribution in [3.63, 3.8) is 0 Å². The molecule has 0 saturated heterocycles. The van der Waals surface area contributed by atoms with Crippen LogP contribution in [0.1, 0.15) is 0 Å². The summed E-state index contributed by atoms with van der Waals surface area (Å²) in [6, 6.07) is 1.32. The van der Waals surface area contributed by atoms with Gasteiger partial charge in [-0.15, -0.1) is 21.5 Å². The Morgan fingerprint density at radius 3 is 2.47 bits per heavy atom. The van der Waals surface area contributed by atoms with Crippen LogP contribution < -0.4 is 0 Å². The zero-order valence-corrected chi connectivity index (χ0v) is 9.54. The molecule has 0 unspecified atom stereocenters. The fourth-order valence-electron chi connectivity index (χ4n) is 0.978. The van der Waals surface area contributed by atoms with Gasteiger partial charge in [0.15, 0.2) is 0 Å². The van der Waals surface area contributed by atoms with Crippen molar-refractivity contribution >= 4 is 27.3 Å². The lowest BCUT2D eigenvalue weighted by atomic mass is 10.6. The molecule has 0 bridgehead atoms. The Kier molecular flexibility index (Phi) is 3.15. The van der Waals surface area contributed by atoms with Crippen LogP contribution >= 0.6 is 21.6 Å². The van der Waals surface area contributed by atoms with Gasteiger partial charge in [0.05, 0.1) is 4.92 Å². The molecule has 0 aliphatic carbocycles. The van der Waals surface area contributed by atoms with Gasteiger partial charge in [-0.25, -0.2) is 0 Å². The van der Waals surface area contributed by atoms with Crippen LogP contribution in [0.15, 0.2) is 15.7 Å². The number of nitro groups is 1. The summed E-state index contributed by atoms with van der Waals surface area (Å²) in [6.45, 7) is 0. The van der Waals surface area contributed by atoms with E-state index in [4.69, 9.17) is 0 Å². The molecular formula is C6H8N2O5S2. The minimum atomic E-state index is -2.21. The highest BCUT2D eigenvalue weighted by atomic mass is 32.3. The maximum atomic E-state index is 10.6. The summed E-state index contributed by atoms with van der Waals surface area (Å²) in [5.41, 5.74) is -0.123. The number of nitrogens with zero attached hydrogens (tertiary/aromatic N) is 2. The average molecular weight is 252 g/mol. The second-order valence-electron chi connectivity index (χ2n) is 2.88. The van der Waals surface area contributed by atoms with E-state index >= 15 is 0 Å². The Morgan fingerprint density at radius 1 is 1.40 bits per heavy atom. The van der Waals surface area contributed by atoms with Gasteiger partial charge in [0, 0.05) is 6.07 Å². The second kappa shape index (κ2) is 4.03. The van der Waals surface area contributed by atoms with Crippen molar-refractivity contribution in [1.82, 2.24) is 0 Å². The summed E-state index contributed by atoms with van der Waals surface area (Å²) >= 11 is 1.09. The topological polar surface area (TPSA) is 95.5 Å². The van der Waals surface area contributed by atoms with E-state index in [1.807, 2.05) is 0 Å². The molecular weight excluding hydrogens is 244 g/mol. The Morgan fingerprint density at radius 2 is 2.00 bits per heavy atom. The van der Waals surface area contributed by atoms with Crippen LogP contribution in [0.5, 0.6) is 0 Å². The highest BCUT2D eigenvalue weighted by Gasteiger charge is 2.29. The van der Waals surface area contributed by atoms with Crippen LogP contribution in [-0.2, 0) is 4.28 Å². The van der Waals surface area contributed by atoms with Gasteiger partial charge in [-0.1, -0.05) is 10.3 Å². The lowest BCUT2D eigenvalue weighted by molar-refractivity contribution is -0.710. The molecule has 7 nitrogen and oxygen atoms in total. The average Bonchev–Trinajstić information content (AvgIpc) is 2.48. The molecule has 0 aliphatic rings. The predicted octanol–water partition coefficient (Wildman–Crippen LogP) is 2.20. The number of rotatable bonds is 4. The van der Waals surface area contributed by atoms with Gasteiger partial charge in [0.1, 0.15) is 4.21 Å². The van der Waals surface area contributed by atoms with Gasteiger partial charge >= 0.3 is 5.09 Å². The molecule has 0 radical (unpaired) electrons. The lowest BCUT2D eigenvalue weighted by Crippen LogP contribution is -2.07. The van der Waals surface area contributed by atoms with E-state index in [0.29, 0.717) is 4.21 Å². The third-order valence-electron chi connectivity index (χ3n) is 1.50. The fraction of sp³-hybridized carbons (Fsp3) is 0.333. The molecule has 1 rings (SSSR count). The van der Waals surface area contributed by atoms with Crippen LogP contribution in [0, 0.1) is 20.2 Å². The molecule has 0 fully saturated rings. The third-order valence-corrected chi connectivity index (χ3v) is 5.29. The minimum Gasteiger partial charge on any atom is -0.258 e. The van der Waals surface area contributed by atoms with Gasteiger partial charge in [-0.2, -0.15) is 0 Å². The summed E-state index contributed by atoms with van der Waals surface area (Å²) in [5.74, 6) is 0. The standard InChI is InChI=1S/C6H8N2O5S2/c1-15(2,13-8(11)12)6-5(7(9)10)3-4-14-6/h3-4H,1-2H3. The summed E-state index contributed by atoms with van der Waals surface area (Å²) in [7, 11) is -2.21. The zero-order valence-electron chi connectivity index (χ0n) is 7.91. The van der Waals surface area contributed by atoms with Gasteiger partial charge in [0.25, 0.3) is 5.69 Å². The van der Waals surface area contributed by atoms with Crippen molar-refractivity contribution in [2.45, 2.75) is 4.21 Å². The van der Waals surface area contributed by atoms with Gasteiger partial charge in [0.2, 0.25) is 0 Å². The van der Waals surface area contributed by atoms with Crippen LogP contribution in [0.4, 0.5) is 5.69 Å². The lowest BCUT2D eigenvalue weighted by Gasteiger charge is -2.24. The van der Waals surface area contributed by atoms with Crippen molar-refractivity contribution in [2.75, 3.05) is 12.5 Å². The first kappa shape index (κ1) is 11.7. The fourth-order valence-corrected chi connectivity index (χ4v) is 3.76. The molecule has 0 amide bonds. The van der Waals surface area contributed by atoms with Crippen LogP contribution in [0.25, 0.3) is 0 Å². The first-order valence-corrected chi connectivity index (χ1v) is 6.89. The number of hydrogen-bond donors (Lipinski definition) is 0. The van der Waals surface area contributed by atoms with E-state index in [1.165, 1.54) is 24.0 Å².